The van der Waals surface area contributed by atoms with E-state index in [4.69, 9.17) is 0 Å². The average molecular weight is 265 g/mol. The number of β-amino-alcohol motifs (C(OH)–C–C–N with tert-alkyl or cyclic N) is 1. The van der Waals surface area contributed by atoms with E-state index in [-0.39, 0.29) is 12.0 Å². The minimum atomic E-state index is -0.661. The number of carbonyl (C=O) groups excluding carboxylic acids is 1. The molecule has 2 N–H and O–H groups in total. The number of aliphatic hydroxyl groups is 1. The highest BCUT2D eigenvalue weighted by Gasteiger charge is 2.33. The van der Waals surface area contributed by atoms with Gasteiger partial charge in [0, 0.05) is 13.1 Å². The molecule has 2 aliphatic rings. The summed E-state index contributed by atoms with van der Waals surface area (Å²) in [5, 5.41) is 21.8. The van der Waals surface area contributed by atoms with Crippen LogP contribution in [0.3, 0.4) is 0 Å². The molecule has 106 valence electrons. The molecule has 0 aromatic rings. The number of nitriles is 1. The number of aliphatic hydroxyl groups excluding tert-OH is 1. The molecule has 1 saturated heterocycles. The highest BCUT2D eigenvalue weighted by atomic mass is 16.3. The average Bonchev–Trinajstić information content (AvgIpc) is 2.65. The molecule has 5 heteroatoms. The Hall–Kier alpha value is -1.12. The second kappa shape index (κ2) is 6.36. The van der Waals surface area contributed by atoms with Crippen molar-refractivity contribution >= 4 is 5.91 Å². The van der Waals surface area contributed by atoms with Gasteiger partial charge in [0.2, 0.25) is 5.91 Å². The first kappa shape index (κ1) is 14.3. The molecule has 1 aliphatic carbocycles. The van der Waals surface area contributed by atoms with Crippen LogP contribution in [0.25, 0.3) is 0 Å². The molecular weight excluding hydrogens is 242 g/mol. The van der Waals surface area contributed by atoms with Crippen LogP contribution in [-0.4, -0.2) is 47.2 Å². The van der Waals surface area contributed by atoms with E-state index in [9.17, 15) is 15.2 Å². The second-order valence-electron chi connectivity index (χ2n) is 5.83. The third-order valence-corrected chi connectivity index (χ3v) is 4.16. The van der Waals surface area contributed by atoms with Gasteiger partial charge < -0.3 is 10.4 Å². The summed E-state index contributed by atoms with van der Waals surface area (Å²) in [6, 6.07) is 2.32. The van der Waals surface area contributed by atoms with E-state index < -0.39 is 5.54 Å². The molecule has 0 aromatic heterocycles. The van der Waals surface area contributed by atoms with Gasteiger partial charge in [-0.3, -0.25) is 9.69 Å². The molecule has 0 radical (unpaired) electrons. The Morgan fingerprint density at radius 2 is 2.05 bits per heavy atom. The largest absolute Gasteiger partial charge is 0.392 e. The zero-order valence-corrected chi connectivity index (χ0v) is 11.4. The normalized spacial score (nSPS) is 27.5. The van der Waals surface area contributed by atoms with Crippen LogP contribution in [0, 0.1) is 11.3 Å². The van der Waals surface area contributed by atoms with Crippen molar-refractivity contribution in [1.29, 1.82) is 5.26 Å². The Bertz CT molecular complexity index is 356. The predicted molar refractivity (Wildman–Crippen MR) is 71.3 cm³/mol. The third kappa shape index (κ3) is 3.92. The molecule has 1 saturated carbocycles. The quantitative estimate of drug-likeness (QED) is 0.740. The summed E-state index contributed by atoms with van der Waals surface area (Å²) in [6.07, 6.45) is 6.27. The Kier molecular flexibility index (Phi) is 4.78. The lowest BCUT2D eigenvalue weighted by atomic mass is 9.92. The third-order valence-electron chi connectivity index (χ3n) is 4.16. The van der Waals surface area contributed by atoms with E-state index in [0.29, 0.717) is 13.1 Å². The topological polar surface area (TPSA) is 76.4 Å². The summed E-state index contributed by atoms with van der Waals surface area (Å²) in [4.78, 5) is 14.0. The Balaban J connectivity index is 1.87. The number of amides is 1. The van der Waals surface area contributed by atoms with E-state index in [0.717, 1.165) is 51.5 Å². The van der Waals surface area contributed by atoms with E-state index in [2.05, 4.69) is 11.4 Å². The maximum absolute atomic E-state index is 12.1. The van der Waals surface area contributed by atoms with Crippen molar-refractivity contribution in [3.05, 3.63) is 0 Å². The van der Waals surface area contributed by atoms with Crippen LogP contribution in [0.2, 0.25) is 0 Å². The Morgan fingerprint density at radius 1 is 1.37 bits per heavy atom. The van der Waals surface area contributed by atoms with E-state index in [1.165, 1.54) is 0 Å². The standard InChI is InChI=1S/C14H23N3O2/c15-11-14(6-3-1-2-4-7-14)16-13(19)10-17-8-5-12(18)9-17/h12,18H,1-10H2,(H,16,19). The number of likely N-dealkylation sites (tertiary alicyclic amines) is 1. The summed E-state index contributed by atoms with van der Waals surface area (Å²) < 4.78 is 0. The SMILES string of the molecule is N#CC1(NC(=O)CN2CCC(O)C2)CCCCCC1. The molecule has 0 aromatic carbocycles. The van der Waals surface area contributed by atoms with Crippen LogP contribution >= 0.6 is 0 Å². The zero-order chi connectivity index (χ0) is 13.7. The van der Waals surface area contributed by atoms with E-state index in [1.54, 1.807) is 0 Å². The summed E-state index contributed by atoms with van der Waals surface area (Å²) >= 11 is 0. The number of carbonyl (C=O) groups is 1. The second-order valence-corrected chi connectivity index (χ2v) is 5.83. The van der Waals surface area contributed by atoms with Crippen molar-refractivity contribution < 1.29 is 9.90 Å². The monoisotopic (exact) mass is 265 g/mol. The molecule has 0 spiro atoms. The summed E-state index contributed by atoms with van der Waals surface area (Å²) in [6.45, 7) is 1.61. The van der Waals surface area contributed by atoms with Crippen molar-refractivity contribution in [2.24, 2.45) is 0 Å². The molecule has 19 heavy (non-hydrogen) atoms. The molecular formula is C14H23N3O2. The maximum atomic E-state index is 12.1. The molecule has 1 aliphatic heterocycles. The van der Waals surface area contributed by atoms with Gasteiger partial charge in [0.1, 0.15) is 5.54 Å². The van der Waals surface area contributed by atoms with Gasteiger partial charge in [-0.05, 0) is 19.3 Å². The molecule has 0 bridgehead atoms. The lowest BCUT2D eigenvalue weighted by molar-refractivity contribution is -0.123. The minimum Gasteiger partial charge on any atom is -0.392 e. The Morgan fingerprint density at radius 3 is 2.58 bits per heavy atom. The highest BCUT2D eigenvalue weighted by molar-refractivity contribution is 5.79. The van der Waals surface area contributed by atoms with Gasteiger partial charge in [-0.2, -0.15) is 5.26 Å². The van der Waals surface area contributed by atoms with Gasteiger partial charge in [-0.1, -0.05) is 25.7 Å². The predicted octanol–water partition coefficient (Wildman–Crippen LogP) is 0.786. The summed E-state index contributed by atoms with van der Waals surface area (Å²) in [7, 11) is 0. The first-order chi connectivity index (χ1) is 9.13. The summed E-state index contributed by atoms with van der Waals surface area (Å²) in [5.74, 6) is -0.0856. The number of nitrogens with one attached hydrogen (secondary N) is 1. The minimum absolute atomic E-state index is 0.0856. The molecule has 2 rings (SSSR count). The van der Waals surface area contributed by atoms with Crippen molar-refractivity contribution in [1.82, 2.24) is 10.2 Å². The van der Waals surface area contributed by atoms with Crippen LogP contribution in [0.1, 0.15) is 44.9 Å². The maximum Gasteiger partial charge on any atom is 0.235 e. The summed E-state index contributed by atoms with van der Waals surface area (Å²) in [5.41, 5.74) is -0.661. The number of rotatable bonds is 3. The zero-order valence-electron chi connectivity index (χ0n) is 11.4. The number of hydrogen-bond acceptors (Lipinski definition) is 4. The van der Waals surface area contributed by atoms with Gasteiger partial charge >= 0.3 is 0 Å². The Labute approximate surface area is 114 Å². The van der Waals surface area contributed by atoms with Crippen molar-refractivity contribution in [3.8, 4) is 6.07 Å². The van der Waals surface area contributed by atoms with Crippen molar-refractivity contribution in [3.63, 3.8) is 0 Å². The van der Waals surface area contributed by atoms with Crippen molar-refractivity contribution in [2.45, 2.75) is 56.6 Å². The molecule has 5 nitrogen and oxygen atoms in total. The fourth-order valence-electron chi connectivity index (χ4n) is 3.06. The molecule has 1 unspecified atom stereocenters. The molecule has 1 atom stereocenters. The first-order valence-electron chi connectivity index (χ1n) is 7.26. The van der Waals surface area contributed by atoms with Gasteiger partial charge in [0.25, 0.3) is 0 Å². The van der Waals surface area contributed by atoms with Crippen LogP contribution in [0.5, 0.6) is 0 Å². The highest BCUT2D eigenvalue weighted by Crippen LogP contribution is 2.26. The molecule has 2 fully saturated rings. The van der Waals surface area contributed by atoms with Crippen molar-refractivity contribution in [2.75, 3.05) is 19.6 Å². The molecule has 1 heterocycles. The van der Waals surface area contributed by atoms with Gasteiger partial charge in [0.05, 0.1) is 18.7 Å². The van der Waals surface area contributed by atoms with Crippen LogP contribution in [-0.2, 0) is 4.79 Å². The first-order valence-corrected chi connectivity index (χ1v) is 7.26. The van der Waals surface area contributed by atoms with E-state index >= 15 is 0 Å². The lowest BCUT2D eigenvalue weighted by Gasteiger charge is -2.27. The van der Waals surface area contributed by atoms with Crippen LogP contribution in [0.15, 0.2) is 0 Å². The van der Waals surface area contributed by atoms with Crippen LogP contribution in [0.4, 0.5) is 0 Å². The van der Waals surface area contributed by atoms with Gasteiger partial charge in [0.15, 0.2) is 0 Å². The number of hydrogen-bond donors (Lipinski definition) is 2. The van der Waals surface area contributed by atoms with Gasteiger partial charge in [-0.25, -0.2) is 0 Å². The van der Waals surface area contributed by atoms with E-state index in [1.807, 2.05) is 4.90 Å². The fourth-order valence-corrected chi connectivity index (χ4v) is 3.06. The molecule has 1 amide bonds. The fraction of sp³-hybridized carbons (Fsp3) is 0.857. The van der Waals surface area contributed by atoms with Gasteiger partial charge in [-0.15, -0.1) is 0 Å². The lowest BCUT2D eigenvalue weighted by Crippen LogP contribution is -2.50. The smallest absolute Gasteiger partial charge is 0.235 e. The number of nitrogens with zero attached hydrogens (tertiary/aromatic N) is 2. The van der Waals surface area contributed by atoms with Crippen LogP contribution < -0.4 is 5.32 Å².